The van der Waals surface area contributed by atoms with Gasteiger partial charge in [0.25, 0.3) is 5.91 Å². The molecule has 22 heavy (non-hydrogen) atoms. The quantitative estimate of drug-likeness (QED) is 0.866. The van der Waals surface area contributed by atoms with E-state index in [0.717, 1.165) is 37.5 Å². The van der Waals surface area contributed by atoms with Crippen LogP contribution in [0.2, 0.25) is 0 Å². The van der Waals surface area contributed by atoms with Crippen LogP contribution in [-0.4, -0.2) is 65.4 Å². The maximum Gasteiger partial charge on any atom is 0.265 e. The van der Waals surface area contributed by atoms with Crippen molar-refractivity contribution in [2.45, 2.75) is 25.8 Å². The van der Waals surface area contributed by atoms with Crippen molar-refractivity contribution < 1.29 is 9.59 Å². The van der Waals surface area contributed by atoms with Crippen molar-refractivity contribution in [3.63, 3.8) is 0 Å². The Balaban J connectivity index is 0.00000176. The molecule has 1 N–H and O–H groups in total. The zero-order valence-electron chi connectivity index (χ0n) is 12.6. The molecule has 0 radical (unpaired) electrons. The van der Waals surface area contributed by atoms with E-state index in [1.807, 2.05) is 16.7 Å². The number of nitrogens with one attached hydrogen (secondary N) is 1. The predicted molar refractivity (Wildman–Crippen MR) is 87.6 cm³/mol. The Morgan fingerprint density at radius 1 is 1.45 bits per heavy atom. The Labute approximate surface area is 140 Å². The Bertz CT molecular complexity index is 551. The lowest BCUT2D eigenvalue weighted by Crippen LogP contribution is -2.57. The molecule has 1 atom stereocenters. The molecule has 2 fully saturated rings. The van der Waals surface area contributed by atoms with Gasteiger partial charge in [-0.05, 0) is 19.8 Å². The summed E-state index contributed by atoms with van der Waals surface area (Å²) >= 11 is 1.43. The molecule has 2 amide bonds. The number of hydrogen-bond acceptors (Lipinski definition) is 5. The standard InChI is InChI=1S/C14H20N4O2S.ClH/c1-10-16-7-12(21-10)14(20)17-5-2-3-11(9-17)18-6-4-15-8-13(18)19;/h7,11,15H,2-6,8-9H2,1H3;1H. The van der Waals surface area contributed by atoms with Crippen LogP contribution in [0.4, 0.5) is 0 Å². The van der Waals surface area contributed by atoms with Gasteiger partial charge in [-0.2, -0.15) is 0 Å². The number of aromatic nitrogens is 1. The van der Waals surface area contributed by atoms with Crippen LogP contribution in [0.3, 0.4) is 0 Å². The summed E-state index contributed by atoms with van der Waals surface area (Å²) in [6.07, 6.45) is 3.59. The van der Waals surface area contributed by atoms with E-state index < -0.39 is 0 Å². The summed E-state index contributed by atoms with van der Waals surface area (Å²) in [5.41, 5.74) is 0. The molecule has 1 aromatic rings. The van der Waals surface area contributed by atoms with E-state index in [4.69, 9.17) is 0 Å². The Hall–Kier alpha value is -1.18. The summed E-state index contributed by atoms with van der Waals surface area (Å²) in [6, 6.07) is 0.159. The molecule has 122 valence electrons. The second-order valence-corrected chi connectivity index (χ2v) is 6.79. The number of hydrogen-bond donors (Lipinski definition) is 1. The largest absolute Gasteiger partial charge is 0.336 e. The van der Waals surface area contributed by atoms with Crippen LogP contribution in [-0.2, 0) is 4.79 Å². The van der Waals surface area contributed by atoms with E-state index in [-0.39, 0.29) is 30.3 Å². The van der Waals surface area contributed by atoms with Crippen molar-refractivity contribution in [3.8, 4) is 0 Å². The van der Waals surface area contributed by atoms with Gasteiger partial charge in [-0.25, -0.2) is 4.98 Å². The summed E-state index contributed by atoms with van der Waals surface area (Å²) in [7, 11) is 0. The van der Waals surface area contributed by atoms with E-state index >= 15 is 0 Å². The highest BCUT2D eigenvalue weighted by atomic mass is 35.5. The third-order valence-electron chi connectivity index (χ3n) is 4.08. The smallest absolute Gasteiger partial charge is 0.265 e. The number of aryl methyl sites for hydroxylation is 1. The second-order valence-electron chi connectivity index (χ2n) is 5.55. The van der Waals surface area contributed by atoms with Crippen LogP contribution in [0.1, 0.15) is 27.5 Å². The van der Waals surface area contributed by atoms with Crippen molar-refractivity contribution >= 4 is 35.6 Å². The number of carbonyl (C=O) groups excluding carboxylic acids is 2. The van der Waals surface area contributed by atoms with Gasteiger partial charge in [0.15, 0.2) is 0 Å². The fourth-order valence-electron chi connectivity index (χ4n) is 3.02. The molecule has 0 aliphatic carbocycles. The minimum atomic E-state index is 0. The van der Waals surface area contributed by atoms with Crippen LogP contribution in [0.15, 0.2) is 6.20 Å². The maximum atomic E-state index is 12.5. The lowest BCUT2D eigenvalue weighted by atomic mass is 10.0. The van der Waals surface area contributed by atoms with Gasteiger partial charge in [0, 0.05) is 32.2 Å². The summed E-state index contributed by atoms with van der Waals surface area (Å²) < 4.78 is 0. The number of rotatable bonds is 2. The monoisotopic (exact) mass is 344 g/mol. The minimum absolute atomic E-state index is 0. The number of thiazole rings is 1. The van der Waals surface area contributed by atoms with Gasteiger partial charge in [-0.3, -0.25) is 9.59 Å². The number of piperazine rings is 1. The minimum Gasteiger partial charge on any atom is -0.336 e. The van der Waals surface area contributed by atoms with Gasteiger partial charge in [-0.15, -0.1) is 23.7 Å². The molecule has 0 bridgehead atoms. The van der Waals surface area contributed by atoms with Gasteiger partial charge >= 0.3 is 0 Å². The first-order chi connectivity index (χ1) is 10.1. The molecule has 2 saturated heterocycles. The normalized spacial score (nSPS) is 22.4. The number of halogens is 1. The summed E-state index contributed by atoms with van der Waals surface area (Å²) in [4.78, 5) is 33.2. The van der Waals surface area contributed by atoms with E-state index in [1.54, 1.807) is 6.20 Å². The average Bonchev–Trinajstić information content (AvgIpc) is 2.94. The van der Waals surface area contributed by atoms with Gasteiger partial charge < -0.3 is 15.1 Å². The molecule has 3 rings (SSSR count). The molecule has 1 aromatic heterocycles. The number of nitrogens with zero attached hydrogens (tertiary/aromatic N) is 3. The van der Waals surface area contributed by atoms with E-state index in [0.29, 0.717) is 18.0 Å². The van der Waals surface area contributed by atoms with Crippen LogP contribution in [0.25, 0.3) is 0 Å². The zero-order chi connectivity index (χ0) is 14.8. The maximum absolute atomic E-state index is 12.5. The average molecular weight is 345 g/mol. The third kappa shape index (κ3) is 3.59. The van der Waals surface area contributed by atoms with Crippen molar-refractivity contribution in [2.75, 3.05) is 32.7 Å². The van der Waals surface area contributed by atoms with Crippen molar-refractivity contribution in [1.82, 2.24) is 20.1 Å². The summed E-state index contributed by atoms with van der Waals surface area (Å²) in [5, 5.41) is 3.99. The zero-order valence-corrected chi connectivity index (χ0v) is 14.2. The molecule has 3 heterocycles. The second kappa shape index (κ2) is 7.39. The molecular formula is C14H21ClN4O2S. The molecule has 2 aliphatic heterocycles. The Kier molecular flexibility index (Phi) is 5.77. The molecule has 2 aliphatic rings. The summed E-state index contributed by atoms with van der Waals surface area (Å²) in [6.45, 7) is 5.31. The number of piperidine rings is 1. The predicted octanol–water partition coefficient (Wildman–Crippen LogP) is 0.910. The topological polar surface area (TPSA) is 65.5 Å². The first kappa shape index (κ1) is 17.2. The lowest BCUT2D eigenvalue weighted by Gasteiger charge is -2.41. The highest BCUT2D eigenvalue weighted by Crippen LogP contribution is 2.21. The van der Waals surface area contributed by atoms with E-state index in [1.165, 1.54) is 11.3 Å². The fraction of sp³-hybridized carbons (Fsp3) is 0.643. The number of carbonyl (C=O) groups is 2. The van der Waals surface area contributed by atoms with Crippen molar-refractivity contribution in [3.05, 3.63) is 16.1 Å². The SMILES string of the molecule is Cc1ncc(C(=O)N2CCCC(N3CCNCC3=O)C2)s1.Cl. The van der Waals surface area contributed by atoms with E-state index in [9.17, 15) is 9.59 Å². The number of likely N-dealkylation sites (tertiary alicyclic amines) is 1. The van der Waals surface area contributed by atoms with Crippen LogP contribution < -0.4 is 5.32 Å². The lowest BCUT2D eigenvalue weighted by molar-refractivity contribution is -0.135. The molecule has 0 aromatic carbocycles. The van der Waals surface area contributed by atoms with Crippen LogP contribution in [0, 0.1) is 6.92 Å². The Morgan fingerprint density at radius 2 is 2.27 bits per heavy atom. The molecule has 1 unspecified atom stereocenters. The fourth-order valence-corrected chi connectivity index (χ4v) is 3.76. The first-order valence-electron chi connectivity index (χ1n) is 7.37. The number of amides is 2. The van der Waals surface area contributed by atoms with Crippen molar-refractivity contribution in [1.29, 1.82) is 0 Å². The summed E-state index contributed by atoms with van der Waals surface area (Å²) in [5.74, 6) is 0.196. The highest BCUT2D eigenvalue weighted by molar-refractivity contribution is 7.13. The Morgan fingerprint density at radius 3 is 2.95 bits per heavy atom. The van der Waals surface area contributed by atoms with Gasteiger partial charge in [0.2, 0.25) is 5.91 Å². The van der Waals surface area contributed by atoms with Crippen LogP contribution >= 0.6 is 23.7 Å². The molecular weight excluding hydrogens is 324 g/mol. The van der Waals surface area contributed by atoms with Crippen LogP contribution in [0.5, 0.6) is 0 Å². The highest BCUT2D eigenvalue weighted by Gasteiger charge is 2.32. The van der Waals surface area contributed by atoms with E-state index in [2.05, 4.69) is 10.3 Å². The van der Waals surface area contributed by atoms with Gasteiger partial charge in [-0.1, -0.05) is 0 Å². The molecule has 0 saturated carbocycles. The van der Waals surface area contributed by atoms with Gasteiger partial charge in [0.05, 0.1) is 17.7 Å². The first-order valence-corrected chi connectivity index (χ1v) is 8.18. The third-order valence-corrected chi connectivity index (χ3v) is 4.98. The van der Waals surface area contributed by atoms with Crippen molar-refractivity contribution in [2.24, 2.45) is 0 Å². The molecule has 8 heteroatoms. The van der Waals surface area contributed by atoms with Gasteiger partial charge in [0.1, 0.15) is 4.88 Å². The molecule has 0 spiro atoms. The molecule has 6 nitrogen and oxygen atoms in total.